The van der Waals surface area contributed by atoms with E-state index in [1.165, 1.54) is 0 Å². The van der Waals surface area contributed by atoms with E-state index < -0.39 is 0 Å². The molecule has 1 atom stereocenters. The molecule has 0 radical (unpaired) electrons. The van der Waals surface area contributed by atoms with Crippen LogP contribution in [-0.4, -0.2) is 10.7 Å². The average molecular weight is 307 g/mol. The number of hydrogen-bond donors (Lipinski definition) is 1. The topological polar surface area (TPSA) is 46.0 Å². The Hall–Kier alpha value is -1.58. The fourth-order valence-corrected chi connectivity index (χ4v) is 2.58. The van der Waals surface area contributed by atoms with Crippen molar-refractivity contribution in [3.8, 4) is 5.75 Å². The second kappa shape index (κ2) is 5.08. The van der Waals surface area contributed by atoms with Gasteiger partial charge in [0.1, 0.15) is 11.9 Å². The summed E-state index contributed by atoms with van der Waals surface area (Å²) in [6.07, 6.45) is 0.554. The van der Waals surface area contributed by atoms with Crippen molar-refractivity contribution in [3.63, 3.8) is 0 Å². The van der Waals surface area contributed by atoms with Crippen LogP contribution in [0.1, 0.15) is 30.0 Å². The van der Waals surface area contributed by atoms with Gasteiger partial charge in [0, 0.05) is 12.5 Å². The Morgan fingerprint density at radius 3 is 2.80 bits per heavy atom. The van der Waals surface area contributed by atoms with Gasteiger partial charge >= 0.3 is 0 Å². The molecule has 102 valence electrons. The van der Waals surface area contributed by atoms with E-state index in [2.05, 4.69) is 4.98 Å². The van der Waals surface area contributed by atoms with Crippen molar-refractivity contribution in [2.24, 2.45) is 0 Å². The number of halogens is 2. The Labute approximate surface area is 127 Å². The van der Waals surface area contributed by atoms with Crippen LogP contribution in [-0.2, 0) is 6.42 Å². The number of fused-ring (bicyclic) bond motifs is 1. The maximum absolute atomic E-state index is 7.65. The van der Waals surface area contributed by atoms with Gasteiger partial charge in [-0.1, -0.05) is 29.3 Å². The van der Waals surface area contributed by atoms with E-state index in [0.29, 0.717) is 27.9 Å². The molecule has 1 aliphatic rings. The van der Waals surface area contributed by atoms with Gasteiger partial charge in [0.05, 0.1) is 27.1 Å². The molecular weight excluding hydrogens is 295 g/mol. The van der Waals surface area contributed by atoms with Crippen LogP contribution in [0.2, 0.25) is 10.0 Å². The maximum Gasteiger partial charge on any atom is 0.145 e. The third kappa shape index (κ3) is 2.39. The second-order valence-corrected chi connectivity index (χ2v) is 5.57. The highest BCUT2D eigenvalue weighted by Gasteiger charge is 2.26. The minimum Gasteiger partial charge on any atom is -0.483 e. The first-order valence-electron chi connectivity index (χ1n) is 6.21. The molecule has 20 heavy (non-hydrogen) atoms. The average Bonchev–Trinajstić information content (AvgIpc) is 2.82. The van der Waals surface area contributed by atoms with Gasteiger partial charge in [0.25, 0.3) is 0 Å². The standard InChI is InChI=1S/C15H12Cl2N2O/c1-8(18)12-3-2-4-13(19-12)15-6-9-5-10(16)11(17)7-14(9)20-15/h2-5,7,15,18H,6H2,1H3. The minimum absolute atomic E-state index is 0.154. The normalized spacial score (nSPS) is 16.6. The largest absolute Gasteiger partial charge is 0.483 e. The number of nitrogens with one attached hydrogen (secondary N) is 1. The zero-order valence-electron chi connectivity index (χ0n) is 10.8. The van der Waals surface area contributed by atoms with Crippen molar-refractivity contribution in [2.75, 3.05) is 0 Å². The lowest BCUT2D eigenvalue weighted by molar-refractivity contribution is 0.233. The zero-order chi connectivity index (χ0) is 14.3. The number of aromatic nitrogens is 1. The molecule has 0 fully saturated rings. The fraction of sp³-hybridized carbons (Fsp3) is 0.200. The van der Waals surface area contributed by atoms with Crippen LogP contribution < -0.4 is 4.74 Å². The number of ether oxygens (including phenoxy) is 1. The summed E-state index contributed by atoms with van der Waals surface area (Å²) in [5.41, 5.74) is 2.95. The zero-order valence-corrected chi connectivity index (χ0v) is 12.3. The molecule has 3 nitrogen and oxygen atoms in total. The molecule has 1 aromatic heterocycles. The van der Waals surface area contributed by atoms with Crippen molar-refractivity contribution >= 4 is 28.9 Å². The lowest BCUT2D eigenvalue weighted by Crippen LogP contribution is -2.08. The summed E-state index contributed by atoms with van der Waals surface area (Å²) >= 11 is 12.0. The molecule has 1 unspecified atom stereocenters. The SMILES string of the molecule is CC(=N)c1cccc(C2Cc3cc(Cl)c(Cl)cc3O2)n1. The van der Waals surface area contributed by atoms with Gasteiger partial charge in [0.15, 0.2) is 0 Å². The highest BCUT2D eigenvalue weighted by molar-refractivity contribution is 6.42. The van der Waals surface area contributed by atoms with Gasteiger partial charge in [0.2, 0.25) is 0 Å². The van der Waals surface area contributed by atoms with Crippen LogP contribution in [0.25, 0.3) is 0 Å². The Kier molecular flexibility index (Phi) is 3.40. The van der Waals surface area contributed by atoms with E-state index in [0.717, 1.165) is 17.0 Å². The van der Waals surface area contributed by atoms with Crippen molar-refractivity contribution in [1.82, 2.24) is 4.98 Å². The van der Waals surface area contributed by atoms with E-state index in [4.69, 9.17) is 33.3 Å². The van der Waals surface area contributed by atoms with Gasteiger partial charge in [-0.15, -0.1) is 0 Å². The number of pyridine rings is 1. The molecular formula is C15H12Cl2N2O. The summed E-state index contributed by atoms with van der Waals surface area (Å²) < 4.78 is 5.89. The lowest BCUT2D eigenvalue weighted by atomic mass is 10.1. The molecule has 2 aromatic rings. The minimum atomic E-state index is -0.154. The number of nitrogens with zero attached hydrogens (tertiary/aromatic N) is 1. The first-order chi connectivity index (χ1) is 9.54. The number of benzene rings is 1. The molecule has 1 aliphatic heterocycles. The Morgan fingerprint density at radius 2 is 2.05 bits per heavy atom. The summed E-state index contributed by atoms with van der Waals surface area (Å²) in [4.78, 5) is 4.47. The van der Waals surface area contributed by atoms with E-state index in [1.54, 1.807) is 13.0 Å². The van der Waals surface area contributed by atoms with Gasteiger partial charge in [-0.3, -0.25) is 0 Å². The lowest BCUT2D eigenvalue weighted by Gasteiger charge is -2.11. The van der Waals surface area contributed by atoms with E-state index in [1.807, 2.05) is 24.3 Å². The van der Waals surface area contributed by atoms with Crippen LogP contribution in [0.4, 0.5) is 0 Å². The van der Waals surface area contributed by atoms with Crippen molar-refractivity contribution in [3.05, 3.63) is 57.3 Å². The number of hydrogen-bond acceptors (Lipinski definition) is 3. The predicted octanol–water partition coefficient (Wildman–Crippen LogP) is 4.45. The molecule has 0 amide bonds. The molecule has 0 aliphatic carbocycles. The molecule has 3 rings (SSSR count). The van der Waals surface area contributed by atoms with Crippen LogP contribution in [0.3, 0.4) is 0 Å². The smallest absolute Gasteiger partial charge is 0.145 e. The van der Waals surface area contributed by atoms with Gasteiger partial charge in [-0.2, -0.15) is 0 Å². The molecule has 2 heterocycles. The van der Waals surface area contributed by atoms with Crippen LogP contribution >= 0.6 is 23.2 Å². The molecule has 0 saturated carbocycles. The number of rotatable bonds is 2. The highest BCUT2D eigenvalue weighted by atomic mass is 35.5. The summed E-state index contributed by atoms with van der Waals surface area (Å²) in [7, 11) is 0. The molecule has 0 bridgehead atoms. The third-order valence-corrected chi connectivity index (χ3v) is 3.98. The first kappa shape index (κ1) is 13.4. The highest BCUT2D eigenvalue weighted by Crippen LogP contribution is 2.40. The van der Waals surface area contributed by atoms with Gasteiger partial charge in [-0.25, -0.2) is 4.98 Å². The molecule has 1 N–H and O–H groups in total. The summed E-state index contributed by atoms with van der Waals surface area (Å²) in [6, 6.07) is 9.20. The summed E-state index contributed by atoms with van der Waals surface area (Å²) in [6.45, 7) is 1.72. The van der Waals surface area contributed by atoms with Crippen molar-refractivity contribution in [1.29, 1.82) is 5.41 Å². The van der Waals surface area contributed by atoms with Gasteiger partial charge < -0.3 is 10.1 Å². The second-order valence-electron chi connectivity index (χ2n) is 4.76. The molecule has 1 aromatic carbocycles. The van der Waals surface area contributed by atoms with Crippen LogP contribution in [0, 0.1) is 5.41 Å². The Balaban J connectivity index is 1.92. The van der Waals surface area contributed by atoms with E-state index in [-0.39, 0.29) is 6.10 Å². The maximum atomic E-state index is 7.65. The molecule has 0 saturated heterocycles. The predicted molar refractivity (Wildman–Crippen MR) is 80.3 cm³/mol. The Morgan fingerprint density at radius 1 is 1.30 bits per heavy atom. The molecule has 0 spiro atoms. The quantitative estimate of drug-likeness (QED) is 0.833. The third-order valence-electron chi connectivity index (χ3n) is 3.26. The van der Waals surface area contributed by atoms with Crippen molar-refractivity contribution in [2.45, 2.75) is 19.4 Å². The Bertz CT molecular complexity index is 669. The molecule has 5 heteroatoms. The summed E-state index contributed by atoms with van der Waals surface area (Å²) in [5.74, 6) is 0.753. The van der Waals surface area contributed by atoms with Crippen LogP contribution in [0.15, 0.2) is 30.3 Å². The van der Waals surface area contributed by atoms with Crippen LogP contribution in [0.5, 0.6) is 5.75 Å². The van der Waals surface area contributed by atoms with E-state index >= 15 is 0 Å². The van der Waals surface area contributed by atoms with Gasteiger partial charge in [-0.05, 0) is 30.7 Å². The van der Waals surface area contributed by atoms with Crippen molar-refractivity contribution < 1.29 is 4.74 Å². The van der Waals surface area contributed by atoms with E-state index in [9.17, 15) is 0 Å². The fourth-order valence-electron chi connectivity index (χ4n) is 2.24. The first-order valence-corrected chi connectivity index (χ1v) is 6.97. The monoisotopic (exact) mass is 306 g/mol. The summed E-state index contributed by atoms with van der Waals surface area (Å²) in [5, 5.41) is 8.67.